The fraction of sp³-hybridized carbons (Fsp3) is 0.333. The fourth-order valence-corrected chi connectivity index (χ4v) is 2.07. The largest absolute Gasteiger partial charge is 0.388 e. The van der Waals surface area contributed by atoms with Crippen LogP contribution in [-0.2, 0) is 6.61 Å². The molecule has 1 saturated carbocycles. The van der Waals surface area contributed by atoms with E-state index in [4.69, 9.17) is 5.26 Å². The molecule has 0 saturated heterocycles. The zero-order valence-corrected chi connectivity index (χ0v) is 8.72. The number of hydrogen-bond donors (Lipinski definition) is 1. The summed E-state index contributed by atoms with van der Waals surface area (Å²) in [6, 6.07) is 8.07. The first-order valence-electron chi connectivity index (χ1n) is 5.35. The van der Waals surface area contributed by atoms with Crippen molar-refractivity contribution < 1.29 is 5.11 Å². The Morgan fingerprint density at radius 1 is 1.50 bits per heavy atom. The zero-order chi connectivity index (χ0) is 11.1. The molecule has 80 valence electrons. The van der Waals surface area contributed by atoms with Gasteiger partial charge in [-0.1, -0.05) is 0 Å². The average Bonchev–Trinajstić information content (AvgIpc) is 3.08. The van der Waals surface area contributed by atoms with E-state index in [-0.39, 0.29) is 6.61 Å². The van der Waals surface area contributed by atoms with E-state index in [1.165, 1.54) is 0 Å². The molecule has 0 atom stereocenters. The SMILES string of the molecule is N#Cc1ccc2c(c1)nc(CO)n2C1CC1. The molecule has 1 aromatic heterocycles. The molecule has 1 aliphatic carbocycles. The predicted molar refractivity (Wildman–Crippen MR) is 58.6 cm³/mol. The van der Waals surface area contributed by atoms with Crippen LogP contribution < -0.4 is 0 Å². The van der Waals surface area contributed by atoms with Crippen molar-refractivity contribution in [2.24, 2.45) is 0 Å². The van der Waals surface area contributed by atoms with Gasteiger partial charge in [0.05, 0.1) is 22.7 Å². The Kier molecular flexibility index (Phi) is 1.95. The third kappa shape index (κ3) is 1.29. The van der Waals surface area contributed by atoms with E-state index in [9.17, 15) is 5.11 Å². The molecule has 0 radical (unpaired) electrons. The Morgan fingerprint density at radius 2 is 2.31 bits per heavy atom. The van der Waals surface area contributed by atoms with Crippen LogP contribution in [0.15, 0.2) is 18.2 Å². The summed E-state index contributed by atoms with van der Waals surface area (Å²) in [6.45, 7) is -0.0485. The molecule has 1 aliphatic rings. The van der Waals surface area contributed by atoms with Crippen molar-refractivity contribution >= 4 is 11.0 Å². The summed E-state index contributed by atoms with van der Waals surface area (Å²) in [5, 5.41) is 18.1. The number of nitrogens with zero attached hydrogens (tertiary/aromatic N) is 3. The van der Waals surface area contributed by atoms with Crippen LogP contribution in [0.4, 0.5) is 0 Å². The highest BCUT2D eigenvalue weighted by Gasteiger charge is 2.27. The normalized spacial score (nSPS) is 15.2. The van der Waals surface area contributed by atoms with Gasteiger partial charge in [-0.2, -0.15) is 5.26 Å². The van der Waals surface area contributed by atoms with Gasteiger partial charge in [-0.05, 0) is 31.0 Å². The maximum absolute atomic E-state index is 9.27. The van der Waals surface area contributed by atoms with E-state index < -0.39 is 0 Å². The molecule has 0 amide bonds. The molecule has 1 fully saturated rings. The van der Waals surface area contributed by atoms with Crippen LogP contribution in [0.1, 0.15) is 30.3 Å². The van der Waals surface area contributed by atoms with Crippen molar-refractivity contribution in [1.82, 2.24) is 9.55 Å². The summed E-state index contributed by atoms with van der Waals surface area (Å²) >= 11 is 0. The average molecular weight is 213 g/mol. The molecule has 16 heavy (non-hydrogen) atoms. The minimum Gasteiger partial charge on any atom is -0.388 e. The fourth-order valence-electron chi connectivity index (χ4n) is 2.07. The van der Waals surface area contributed by atoms with Gasteiger partial charge in [0.25, 0.3) is 0 Å². The lowest BCUT2D eigenvalue weighted by molar-refractivity contribution is 0.266. The maximum Gasteiger partial charge on any atom is 0.135 e. The van der Waals surface area contributed by atoms with Crippen molar-refractivity contribution in [2.75, 3.05) is 0 Å². The van der Waals surface area contributed by atoms with E-state index >= 15 is 0 Å². The van der Waals surface area contributed by atoms with Crippen LogP contribution in [0.25, 0.3) is 11.0 Å². The summed E-state index contributed by atoms with van der Waals surface area (Å²) in [6.07, 6.45) is 2.30. The Hall–Kier alpha value is -1.86. The highest BCUT2D eigenvalue weighted by Crippen LogP contribution is 2.38. The standard InChI is InChI=1S/C12H11N3O/c13-6-8-1-4-11-10(5-8)14-12(7-16)15(11)9-2-3-9/h1,4-5,9,16H,2-3,7H2. The first-order chi connectivity index (χ1) is 7.83. The lowest BCUT2D eigenvalue weighted by atomic mass is 10.2. The van der Waals surface area contributed by atoms with Crippen LogP contribution in [0.2, 0.25) is 0 Å². The summed E-state index contributed by atoms with van der Waals surface area (Å²) in [5.74, 6) is 0.701. The molecule has 0 unspecified atom stereocenters. The Morgan fingerprint density at radius 3 is 2.94 bits per heavy atom. The van der Waals surface area contributed by atoms with Crippen LogP contribution in [0.5, 0.6) is 0 Å². The lowest BCUT2D eigenvalue weighted by Gasteiger charge is -2.04. The third-order valence-electron chi connectivity index (χ3n) is 2.95. The van der Waals surface area contributed by atoms with Crippen LogP contribution >= 0.6 is 0 Å². The van der Waals surface area contributed by atoms with Gasteiger partial charge in [0, 0.05) is 6.04 Å². The molecule has 2 aromatic rings. The van der Waals surface area contributed by atoms with Crippen molar-refractivity contribution in [2.45, 2.75) is 25.5 Å². The minimum atomic E-state index is -0.0485. The number of fused-ring (bicyclic) bond motifs is 1. The van der Waals surface area contributed by atoms with E-state index in [2.05, 4.69) is 15.6 Å². The lowest BCUT2D eigenvalue weighted by Crippen LogP contribution is -2.00. The first-order valence-corrected chi connectivity index (χ1v) is 5.35. The van der Waals surface area contributed by atoms with Gasteiger partial charge in [-0.3, -0.25) is 0 Å². The molecule has 4 heteroatoms. The Bertz CT molecular complexity index is 590. The van der Waals surface area contributed by atoms with Gasteiger partial charge < -0.3 is 9.67 Å². The van der Waals surface area contributed by atoms with Gasteiger partial charge in [-0.25, -0.2) is 4.98 Å². The van der Waals surface area contributed by atoms with Gasteiger partial charge in [0.15, 0.2) is 0 Å². The number of aromatic nitrogens is 2. The van der Waals surface area contributed by atoms with Crippen molar-refractivity contribution in [3.8, 4) is 6.07 Å². The highest BCUT2D eigenvalue weighted by molar-refractivity contribution is 5.78. The molecule has 3 rings (SSSR count). The molecule has 1 heterocycles. The number of benzene rings is 1. The first kappa shape index (κ1) is 9.37. The van der Waals surface area contributed by atoms with E-state index in [1.54, 1.807) is 12.1 Å². The smallest absolute Gasteiger partial charge is 0.135 e. The summed E-state index contributed by atoms with van der Waals surface area (Å²) in [4.78, 5) is 4.36. The predicted octanol–water partition coefficient (Wildman–Crippen LogP) is 1.74. The number of aliphatic hydroxyl groups is 1. The number of imidazole rings is 1. The molecule has 1 aromatic carbocycles. The second kappa shape index (κ2) is 3.32. The molecular formula is C12H11N3O. The third-order valence-corrected chi connectivity index (χ3v) is 2.95. The Balaban J connectivity index is 2.26. The van der Waals surface area contributed by atoms with Crippen molar-refractivity contribution in [3.05, 3.63) is 29.6 Å². The Labute approximate surface area is 92.8 Å². The molecule has 0 bridgehead atoms. The van der Waals surface area contributed by atoms with Gasteiger partial charge in [0.2, 0.25) is 0 Å². The summed E-state index contributed by atoms with van der Waals surface area (Å²) < 4.78 is 2.09. The monoisotopic (exact) mass is 213 g/mol. The minimum absolute atomic E-state index is 0.0485. The van der Waals surface area contributed by atoms with E-state index in [0.29, 0.717) is 17.4 Å². The molecule has 0 spiro atoms. The van der Waals surface area contributed by atoms with Crippen LogP contribution in [0, 0.1) is 11.3 Å². The van der Waals surface area contributed by atoms with Gasteiger partial charge in [0.1, 0.15) is 12.4 Å². The van der Waals surface area contributed by atoms with E-state index in [0.717, 1.165) is 23.9 Å². The molecule has 4 nitrogen and oxygen atoms in total. The second-order valence-electron chi connectivity index (χ2n) is 4.10. The second-order valence-corrected chi connectivity index (χ2v) is 4.10. The number of aliphatic hydroxyl groups excluding tert-OH is 1. The van der Waals surface area contributed by atoms with Crippen molar-refractivity contribution in [3.63, 3.8) is 0 Å². The van der Waals surface area contributed by atoms with Crippen LogP contribution in [-0.4, -0.2) is 14.7 Å². The topological polar surface area (TPSA) is 61.8 Å². The van der Waals surface area contributed by atoms with Crippen molar-refractivity contribution in [1.29, 1.82) is 5.26 Å². The maximum atomic E-state index is 9.27. The molecule has 1 N–H and O–H groups in total. The number of nitriles is 1. The number of rotatable bonds is 2. The highest BCUT2D eigenvalue weighted by atomic mass is 16.3. The van der Waals surface area contributed by atoms with Crippen LogP contribution in [0.3, 0.4) is 0 Å². The summed E-state index contributed by atoms with van der Waals surface area (Å²) in [7, 11) is 0. The quantitative estimate of drug-likeness (QED) is 0.826. The zero-order valence-electron chi connectivity index (χ0n) is 8.72. The van der Waals surface area contributed by atoms with E-state index in [1.807, 2.05) is 6.07 Å². The molecule has 0 aliphatic heterocycles. The summed E-state index contributed by atoms with van der Waals surface area (Å²) in [5.41, 5.74) is 2.43. The molecular weight excluding hydrogens is 202 g/mol. The van der Waals surface area contributed by atoms with Gasteiger partial charge >= 0.3 is 0 Å². The van der Waals surface area contributed by atoms with Gasteiger partial charge in [-0.15, -0.1) is 0 Å². The number of hydrogen-bond acceptors (Lipinski definition) is 3.